The Morgan fingerprint density at radius 3 is 2.94 bits per heavy atom. The van der Waals surface area contributed by atoms with Crippen molar-refractivity contribution in [3.63, 3.8) is 0 Å². The first-order valence-corrected chi connectivity index (χ1v) is 8.23. The molecule has 2 aromatic heterocycles. The van der Waals surface area contributed by atoms with Gasteiger partial charge < -0.3 is 5.32 Å². The van der Waals surface area contributed by atoms with E-state index in [0.29, 0.717) is 0 Å². The van der Waals surface area contributed by atoms with Gasteiger partial charge in [-0.1, -0.05) is 20.3 Å². The first-order chi connectivity index (χ1) is 8.74. The lowest BCUT2D eigenvalue weighted by atomic mass is 10.2. The fraction of sp³-hybridized carbons (Fsp3) is 0.538. The molecule has 0 amide bonds. The predicted molar refractivity (Wildman–Crippen MR) is 81.8 cm³/mol. The van der Waals surface area contributed by atoms with E-state index in [4.69, 9.17) is 0 Å². The summed E-state index contributed by atoms with van der Waals surface area (Å²) in [4.78, 5) is 10.2. The van der Waals surface area contributed by atoms with Crippen molar-refractivity contribution in [3.8, 4) is 0 Å². The van der Waals surface area contributed by atoms with Gasteiger partial charge in [0.2, 0.25) is 5.95 Å². The average Bonchev–Trinajstić information content (AvgIpc) is 2.84. The summed E-state index contributed by atoms with van der Waals surface area (Å²) in [5, 5.41) is 7.59. The lowest BCUT2D eigenvalue weighted by Gasteiger charge is -2.09. The molecule has 0 spiro atoms. The molecule has 1 N–H and O–H groups in total. The van der Waals surface area contributed by atoms with Crippen LogP contribution in [0.2, 0.25) is 0 Å². The fourth-order valence-corrected chi connectivity index (χ4v) is 3.49. The zero-order valence-electron chi connectivity index (χ0n) is 11.1. The largest absolute Gasteiger partial charge is 0.354 e. The third-order valence-electron chi connectivity index (χ3n) is 2.83. The lowest BCUT2D eigenvalue weighted by molar-refractivity contribution is 0.636. The zero-order valence-corrected chi connectivity index (χ0v) is 12.7. The van der Waals surface area contributed by atoms with Gasteiger partial charge in [-0.25, -0.2) is 9.97 Å². The van der Waals surface area contributed by atoms with Crippen LogP contribution in [0.3, 0.4) is 0 Å². The second kappa shape index (κ2) is 6.38. The summed E-state index contributed by atoms with van der Waals surface area (Å²) in [6, 6.07) is 2.12. The number of rotatable bonds is 6. The van der Waals surface area contributed by atoms with Crippen molar-refractivity contribution in [1.82, 2.24) is 9.97 Å². The maximum absolute atomic E-state index is 4.62. The smallest absolute Gasteiger partial charge is 0.225 e. The van der Waals surface area contributed by atoms with Crippen LogP contribution >= 0.6 is 23.1 Å². The van der Waals surface area contributed by atoms with Crippen LogP contribution in [-0.2, 0) is 0 Å². The first kappa shape index (κ1) is 13.6. The van der Waals surface area contributed by atoms with Crippen LogP contribution in [0.1, 0.15) is 27.2 Å². The second-order valence-electron chi connectivity index (χ2n) is 4.35. The Bertz CT molecular complexity index is 510. The van der Waals surface area contributed by atoms with E-state index < -0.39 is 0 Å². The minimum absolute atomic E-state index is 0.723. The Morgan fingerprint density at radius 1 is 1.39 bits per heavy atom. The van der Waals surface area contributed by atoms with Crippen LogP contribution < -0.4 is 5.32 Å². The van der Waals surface area contributed by atoms with Gasteiger partial charge in [-0.15, -0.1) is 23.1 Å². The molecular formula is C13H19N3S2. The molecule has 0 aliphatic carbocycles. The van der Waals surface area contributed by atoms with Crippen molar-refractivity contribution < 1.29 is 0 Å². The second-order valence-corrected chi connectivity index (χ2v) is 6.25. The zero-order chi connectivity index (χ0) is 13.0. The molecule has 0 saturated carbocycles. The number of thiophene rings is 1. The van der Waals surface area contributed by atoms with Crippen LogP contribution in [-0.4, -0.2) is 22.3 Å². The molecule has 0 saturated heterocycles. The van der Waals surface area contributed by atoms with Gasteiger partial charge in [0, 0.05) is 17.7 Å². The van der Waals surface area contributed by atoms with E-state index in [1.54, 1.807) is 11.3 Å². The van der Waals surface area contributed by atoms with Crippen LogP contribution in [0.5, 0.6) is 0 Å². The third-order valence-corrected chi connectivity index (χ3v) is 4.95. The minimum Gasteiger partial charge on any atom is -0.354 e. The van der Waals surface area contributed by atoms with Crippen LogP contribution in [0.25, 0.3) is 10.2 Å². The van der Waals surface area contributed by atoms with Gasteiger partial charge in [0.15, 0.2) is 0 Å². The van der Waals surface area contributed by atoms with E-state index in [1.165, 1.54) is 11.8 Å². The SMILES string of the molecule is CCNc1nc(SCC(C)CC)c2ccsc2n1. The molecule has 3 nitrogen and oxygen atoms in total. The van der Waals surface area contributed by atoms with E-state index >= 15 is 0 Å². The first-order valence-electron chi connectivity index (χ1n) is 6.36. The van der Waals surface area contributed by atoms with E-state index in [2.05, 4.69) is 47.5 Å². The standard InChI is InChI=1S/C13H19N3S2/c1-4-9(3)8-18-12-10-6-7-17-11(10)15-13(16-12)14-5-2/h6-7,9H,4-5,8H2,1-3H3,(H,14,15,16). The summed E-state index contributed by atoms with van der Waals surface area (Å²) in [6.07, 6.45) is 1.21. The van der Waals surface area contributed by atoms with Crippen molar-refractivity contribution in [2.24, 2.45) is 5.92 Å². The number of aromatic nitrogens is 2. The summed E-state index contributed by atoms with van der Waals surface area (Å²) in [5.74, 6) is 2.59. The number of hydrogen-bond acceptors (Lipinski definition) is 5. The van der Waals surface area contributed by atoms with Crippen LogP contribution in [0, 0.1) is 5.92 Å². The highest BCUT2D eigenvalue weighted by Gasteiger charge is 2.10. The van der Waals surface area contributed by atoms with Gasteiger partial charge in [-0.05, 0) is 24.3 Å². The van der Waals surface area contributed by atoms with Gasteiger partial charge in [-0.3, -0.25) is 0 Å². The molecule has 2 heterocycles. The van der Waals surface area contributed by atoms with Crippen molar-refractivity contribution in [2.75, 3.05) is 17.6 Å². The Balaban J connectivity index is 2.25. The molecule has 2 rings (SSSR count). The minimum atomic E-state index is 0.723. The molecule has 0 aliphatic rings. The number of thioether (sulfide) groups is 1. The van der Waals surface area contributed by atoms with Gasteiger partial charge in [-0.2, -0.15) is 0 Å². The van der Waals surface area contributed by atoms with E-state index in [1.807, 2.05) is 11.8 Å². The molecule has 5 heteroatoms. The molecule has 0 aliphatic heterocycles. The molecule has 1 atom stereocenters. The van der Waals surface area contributed by atoms with Gasteiger partial charge >= 0.3 is 0 Å². The molecule has 0 bridgehead atoms. The number of nitrogens with zero attached hydrogens (tertiary/aromatic N) is 2. The van der Waals surface area contributed by atoms with Crippen molar-refractivity contribution in [1.29, 1.82) is 0 Å². The predicted octanol–water partition coefficient (Wildman–Crippen LogP) is 4.26. The summed E-state index contributed by atoms with van der Waals surface area (Å²) >= 11 is 3.52. The Kier molecular flexibility index (Phi) is 4.83. The molecule has 0 aromatic carbocycles. The summed E-state index contributed by atoms with van der Waals surface area (Å²) in [6.45, 7) is 7.43. The molecule has 0 fully saturated rings. The monoisotopic (exact) mass is 281 g/mol. The van der Waals surface area contributed by atoms with Crippen LogP contribution in [0.4, 0.5) is 5.95 Å². The van der Waals surface area contributed by atoms with Gasteiger partial charge in [0.05, 0.1) is 0 Å². The van der Waals surface area contributed by atoms with E-state index in [-0.39, 0.29) is 0 Å². The normalized spacial score (nSPS) is 12.8. The summed E-state index contributed by atoms with van der Waals surface area (Å²) in [7, 11) is 0. The van der Waals surface area contributed by atoms with Crippen molar-refractivity contribution >= 4 is 39.3 Å². The highest BCUT2D eigenvalue weighted by molar-refractivity contribution is 7.99. The highest BCUT2D eigenvalue weighted by Crippen LogP contribution is 2.31. The Labute approximate surface area is 116 Å². The van der Waals surface area contributed by atoms with Gasteiger partial charge in [0.25, 0.3) is 0 Å². The Morgan fingerprint density at radius 2 is 2.22 bits per heavy atom. The average molecular weight is 281 g/mol. The lowest BCUT2D eigenvalue weighted by Crippen LogP contribution is -2.03. The molecule has 18 heavy (non-hydrogen) atoms. The molecular weight excluding hydrogens is 262 g/mol. The molecule has 0 radical (unpaired) electrons. The highest BCUT2D eigenvalue weighted by atomic mass is 32.2. The topological polar surface area (TPSA) is 37.8 Å². The summed E-state index contributed by atoms with van der Waals surface area (Å²) in [5.41, 5.74) is 0. The number of nitrogens with one attached hydrogen (secondary N) is 1. The van der Waals surface area contributed by atoms with E-state index in [9.17, 15) is 0 Å². The number of hydrogen-bond donors (Lipinski definition) is 1. The third kappa shape index (κ3) is 3.14. The molecule has 2 aromatic rings. The van der Waals surface area contributed by atoms with Crippen molar-refractivity contribution in [2.45, 2.75) is 32.2 Å². The summed E-state index contributed by atoms with van der Waals surface area (Å²) < 4.78 is 0. The fourth-order valence-electron chi connectivity index (χ4n) is 1.51. The maximum Gasteiger partial charge on any atom is 0.225 e. The number of fused-ring (bicyclic) bond motifs is 1. The van der Waals surface area contributed by atoms with Crippen LogP contribution in [0.15, 0.2) is 16.5 Å². The quantitative estimate of drug-likeness (QED) is 0.634. The van der Waals surface area contributed by atoms with E-state index in [0.717, 1.165) is 34.0 Å². The van der Waals surface area contributed by atoms with Crippen molar-refractivity contribution in [3.05, 3.63) is 11.4 Å². The number of anilines is 1. The maximum atomic E-state index is 4.62. The Hall–Kier alpha value is -0.810. The molecule has 98 valence electrons. The van der Waals surface area contributed by atoms with Gasteiger partial charge in [0.1, 0.15) is 9.86 Å². The molecule has 1 unspecified atom stereocenters.